The lowest BCUT2D eigenvalue weighted by molar-refractivity contribution is -0.128. The maximum absolute atomic E-state index is 13.0. The Morgan fingerprint density at radius 1 is 1.07 bits per heavy atom. The van der Waals surface area contributed by atoms with Crippen LogP contribution in [0.15, 0.2) is 42.5 Å². The van der Waals surface area contributed by atoms with Gasteiger partial charge in [-0.1, -0.05) is 31.2 Å². The fraction of sp³-hybridized carbons (Fsp3) is 0.375. The largest absolute Gasteiger partial charge is 0.477 e. The molecule has 1 atom stereocenters. The number of rotatable bonds is 7. The summed E-state index contributed by atoms with van der Waals surface area (Å²) in [6.07, 6.45) is 0.237. The zero-order valence-electron chi connectivity index (χ0n) is 17.7. The van der Waals surface area contributed by atoms with E-state index in [4.69, 9.17) is 4.74 Å². The zero-order valence-corrected chi connectivity index (χ0v) is 17.7. The van der Waals surface area contributed by atoms with Crippen LogP contribution >= 0.6 is 0 Å². The van der Waals surface area contributed by atoms with Crippen molar-refractivity contribution in [3.63, 3.8) is 0 Å². The van der Waals surface area contributed by atoms with E-state index < -0.39 is 6.10 Å². The van der Waals surface area contributed by atoms with Crippen molar-refractivity contribution >= 4 is 23.3 Å². The molecule has 6 heteroatoms. The lowest BCUT2D eigenvalue weighted by atomic mass is 10.0. The molecule has 6 nitrogen and oxygen atoms in total. The number of amides is 2. The molecule has 1 aliphatic rings. The molecule has 2 aromatic carbocycles. The van der Waals surface area contributed by atoms with Gasteiger partial charge in [0.25, 0.3) is 5.91 Å². The van der Waals surface area contributed by atoms with Gasteiger partial charge in [-0.25, -0.2) is 0 Å². The molecule has 1 heterocycles. The molecule has 30 heavy (non-hydrogen) atoms. The van der Waals surface area contributed by atoms with Gasteiger partial charge in [0, 0.05) is 24.9 Å². The van der Waals surface area contributed by atoms with Gasteiger partial charge >= 0.3 is 0 Å². The van der Waals surface area contributed by atoms with Crippen LogP contribution in [0.3, 0.4) is 0 Å². The SMILES string of the molecule is CCCNC(=O)[C@@H]1CN(C(=O)CCC(=O)c2ccc(C)c(C)c2)c2ccccc2O1. The summed E-state index contributed by atoms with van der Waals surface area (Å²) in [6, 6.07) is 12.7. The summed E-state index contributed by atoms with van der Waals surface area (Å²) >= 11 is 0. The van der Waals surface area contributed by atoms with Crippen LogP contribution in [0.4, 0.5) is 5.69 Å². The van der Waals surface area contributed by atoms with Crippen molar-refractivity contribution in [2.45, 2.75) is 46.1 Å². The van der Waals surface area contributed by atoms with Crippen LogP contribution in [-0.4, -0.2) is 36.8 Å². The van der Waals surface area contributed by atoms with Crippen LogP contribution in [0, 0.1) is 13.8 Å². The fourth-order valence-corrected chi connectivity index (χ4v) is 3.38. The van der Waals surface area contributed by atoms with Crippen molar-refractivity contribution in [1.29, 1.82) is 0 Å². The topological polar surface area (TPSA) is 75.7 Å². The van der Waals surface area contributed by atoms with Gasteiger partial charge in [0.05, 0.1) is 12.2 Å². The highest BCUT2D eigenvalue weighted by molar-refractivity contribution is 6.02. The lowest BCUT2D eigenvalue weighted by Crippen LogP contribution is -2.50. The Morgan fingerprint density at radius 2 is 1.83 bits per heavy atom. The number of hydrogen-bond donors (Lipinski definition) is 1. The second-order valence-electron chi connectivity index (χ2n) is 7.59. The number of ether oxygens (including phenoxy) is 1. The normalized spacial score (nSPS) is 15.2. The molecule has 1 N–H and O–H groups in total. The van der Waals surface area contributed by atoms with Gasteiger partial charge in [-0.3, -0.25) is 14.4 Å². The number of benzene rings is 2. The van der Waals surface area contributed by atoms with E-state index in [1.54, 1.807) is 29.2 Å². The van der Waals surface area contributed by atoms with Crippen molar-refractivity contribution in [3.8, 4) is 5.75 Å². The number of anilines is 1. The Bertz CT molecular complexity index is 954. The van der Waals surface area contributed by atoms with E-state index in [9.17, 15) is 14.4 Å². The van der Waals surface area contributed by atoms with Gasteiger partial charge in [-0.2, -0.15) is 0 Å². The highest BCUT2D eigenvalue weighted by atomic mass is 16.5. The first-order valence-corrected chi connectivity index (χ1v) is 10.3. The predicted molar refractivity (Wildman–Crippen MR) is 116 cm³/mol. The molecule has 0 aromatic heterocycles. The average Bonchev–Trinajstić information content (AvgIpc) is 2.76. The molecular weight excluding hydrogens is 380 g/mol. The zero-order chi connectivity index (χ0) is 21.7. The number of hydrogen-bond acceptors (Lipinski definition) is 4. The van der Waals surface area contributed by atoms with Gasteiger partial charge < -0.3 is 15.0 Å². The van der Waals surface area contributed by atoms with Gasteiger partial charge in [0.15, 0.2) is 11.9 Å². The van der Waals surface area contributed by atoms with Gasteiger partial charge in [0.1, 0.15) is 5.75 Å². The van der Waals surface area contributed by atoms with Gasteiger partial charge in [-0.05, 0) is 49.6 Å². The summed E-state index contributed by atoms with van der Waals surface area (Å²) < 4.78 is 5.82. The van der Waals surface area contributed by atoms with E-state index in [-0.39, 0.29) is 37.0 Å². The Labute approximate surface area is 177 Å². The molecule has 158 valence electrons. The lowest BCUT2D eigenvalue weighted by Gasteiger charge is -2.34. The Kier molecular flexibility index (Phi) is 6.87. The quantitative estimate of drug-likeness (QED) is 0.711. The summed E-state index contributed by atoms with van der Waals surface area (Å²) in [5.74, 6) is -0.00828. The number of para-hydroxylation sites is 2. The number of ketones is 1. The number of aryl methyl sites for hydroxylation is 2. The smallest absolute Gasteiger partial charge is 0.262 e. The molecular formula is C24H28N2O4. The van der Waals surface area contributed by atoms with E-state index in [0.29, 0.717) is 23.5 Å². The van der Waals surface area contributed by atoms with Gasteiger partial charge in [0.2, 0.25) is 5.91 Å². The maximum Gasteiger partial charge on any atom is 0.262 e. The Balaban J connectivity index is 1.70. The third-order valence-corrected chi connectivity index (χ3v) is 5.31. The van der Waals surface area contributed by atoms with Crippen molar-refractivity contribution in [2.24, 2.45) is 0 Å². The number of nitrogens with one attached hydrogen (secondary N) is 1. The molecule has 0 radical (unpaired) electrons. The summed E-state index contributed by atoms with van der Waals surface area (Å²) in [5.41, 5.74) is 3.42. The monoisotopic (exact) mass is 408 g/mol. The Morgan fingerprint density at radius 3 is 2.57 bits per heavy atom. The van der Waals surface area contributed by atoms with Crippen molar-refractivity contribution in [3.05, 3.63) is 59.2 Å². The van der Waals surface area contributed by atoms with E-state index in [0.717, 1.165) is 17.5 Å². The minimum absolute atomic E-state index is 0.0646. The molecule has 3 rings (SSSR count). The molecule has 0 saturated carbocycles. The predicted octanol–water partition coefficient (Wildman–Crippen LogP) is 3.59. The van der Waals surface area contributed by atoms with E-state index >= 15 is 0 Å². The minimum atomic E-state index is -0.772. The number of carbonyl (C=O) groups excluding carboxylic acids is 3. The molecule has 0 aliphatic carbocycles. The van der Waals surface area contributed by atoms with E-state index in [1.165, 1.54) is 0 Å². The van der Waals surface area contributed by atoms with Crippen molar-refractivity contribution < 1.29 is 19.1 Å². The summed E-state index contributed by atoms with van der Waals surface area (Å²) in [4.78, 5) is 39.5. The average molecular weight is 408 g/mol. The highest BCUT2D eigenvalue weighted by Crippen LogP contribution is 2.33. The van der Waals surface area contributed by atoms with E-state index in [1.807, 2.05) is 39.0 Å². The van der Waals surface area contributed by atoms with Crippen molar-refractivity contribution in [1.82, 2.24) is 5.32 Å². The van der Waals surface area contributed by atoms with Crippen molar-refractivity contribution in [2.75, 3.05) is 18.0 Å². The van der Waals surface area contributed by atoms with Crippen LogP contribution < -0.4 is 15.0 Å². The second kappa shape index (κ2) is 9.57. The number of fused-ring (bicyclic) bond motifs is 1. The highest BCUT2D eigenvalue weighted by Gasteiger charge is 2.33. The molecule has 0 spiro atoms. The number of Topliss-reactive ketones (excluding diaryl/α,β-unsaturated/α-hetero) is 1. The summed E-state index contributed by atoms with van der Waals surface area (Å²) in [6.45, 7) is 6.61. The molecule has 2 amide bonds. The molecule has 0 saturated heterocycles. The summed E-state index contributed by atoms with van der Waals surface area (Å²) in [5, 5.41) is 2.82. The molecule has 0 bridgehead atoms. The standard InChI is InChI=1S/C24H28N2O4/c1-4-13-25-24(29)22-15-26(19-7-5-6-8-21(19)30-22)23(28)12-11-20(27)18-10-9-16(2)17(3)14-18/h5-10,14,22H,4,11-13,15H2,1-3H3,(H,25,29)/t22-/m0/s1. The maximum atomic E-state index is 13.0. The first-order chi connectivity index (χ1) is 14.4. The van der Waals surface area contributed by atoms with Gasteiger partial charge in [-0.15, -0.1) is 0 Å². The summed E-state index contributed by atoms with van der Waals surface area (Å²) in [7, 11) is 0. The molecule has 1 aliphatic heterocycles. The van der Waals surface area contributed by atoms with Crippen LogP contribution in [0.2, 0.25) is 0 Å². The third kappa shape index (κ3) is 4.87. The number of carbonyl (C=O) groups is 3. The van der Waals surface area contributed by atoms with Crippen LogP contribution in [-0.2, 0) is 9.59 Å². The second-order valence-corrected chi connectivity index (χ2v) is 7.59. The van der Waals surface area contributed by atoms with Crippen LogP contribution in [0.25, 0.3) is 0 Å². The van der Waals surface area contributed by atoms with Crippen LogP contribution in [0.5, 0.6) is 5.75 Å². The molecule has 0 fully saturated rings. The molecule has 0 unspecified atom stereocenters. The van der Waals surface area contributed by atoms with Crippen LogP contribution in [0.1, 0.15) is 47.7 Å². The number of nitrogens with zero attached hydrogens (tertiary/aromatic N) is 1. The first-order valence-electron chi connectivity index (χ1n) is 10.3. The van der Waals surface area contributed by atoms with E-state index in [2.05, 4.69) is 5.32 Å². The third-order valence-electron chi connectivity index (χ3n) is 5.31. The minimum Gasteiger partial charge on any atom is -0.477 e. The Hall–Kier alpha value is -3.15. The first kappa shape index (κ1) is 21.6. The fourth-order valence-electron chi connectivity index (χ4n) is 3.38. The molecule has 2 aromatic rings.